The van der Waals surface area contributed by atoms with E-state index in [1.807, 2.05) is 30.0 Å². The predicted octanol–water partition coefficient (Wildman–Crippen LogP) is 3.92. The summed E-state index contributed by atoms with van der Waals surface area (Å²) in [7, 11) is 1.62. The lowest BCUT2D eigenvalue weighted by Crippen LogP contribution is -2.45. The van der Waals surface area contributed by atoms with E-state index in [2.05, 4.69) is 35.1 Å². The average Bonchev–Trinajstić information content (AvgIpc) is 2.72. The van der Waals surface area contributed by atoms with Crippen molar-refractivity contribution in [2.24, 2.45) is 5.41 Å². The lowest BCUT2D eigenvalue weighted by atomic mass is 9.68. The molecule has 2 heterocycles. The fraction of sp³-hybridized carbons (Fsp3) is 0.500. The second kappa shape index (κ2) is 8.43. The van der Waals surface area contributed by atoms with Gasteiger partial charge in [0.05, 0.1) is 26.2 Å². The lowest BCUT2D eigenvalue weighted by molar-refractivity contribution is -0.131. The van der Waals surface area contributed by atoms with E-state index in [1.54, 1.807) is 7.11 Å². The third kappa shape index (κ3) is 4.17. The van der Waals surface area contributed by atoms with Gasteiger partial charge in [-0.05, 0) is 37.0 Å². The number of nitrogens with zero attached hydrogens (tertiary/aromatic N) is 1. The number of carbonyl (C=O) groups excluding carboxylic acids is 2. The highest BCUT2D eigenvalue weighted by molar-refractivity contribution is 9.10. The van der Waals surface area contributed by atoms with Gasteiger partial charge in [-0.25, -0.2) is 0 Å². The Morgan fingerprint density at radius 3 is 2.65 bits per heavy atom. The first kappa shape index (κ1) is 22.1. The number of benzene rings is 1. The van der Waals surface area contributed by atoms with E-state index in [0.717, 1.165) is 27.9 Å². The van der Waals surface area contributed by atoms with Gasteiger partial charge in [-0.1, -0.05) is 29.8 Å². The Morgan fingerprint density at radius 2 is 1.97 bits per heavy atom. The molecule has 1 N–H and O–H groups in total. The van der Waals surface area contributed by atoms with E-state index in [0.29, 0.717) is 49.6 Å². The van der Waals surface area contributed by atoms with Crippen LogP contribution < -0.4 is 10.1 Å². The van der Waals surface area contributed by atoms with Crippen molar-refractivity contribution >= 4 is 27.6 Å². The maximum Gasteiger partial charge on any atom is 0.252 e. The molecule has 1 fully saturated rings. The molecule has 7 heteroatoms. The summed E-state index contributed by atoms with van der Waals surface area (Å²) < 4.78 is 12.0. The van der Waals surface area contributed by atoms with Gasteiger partial charge in [-0.15, -0.1) is 0 Å². The molecule has 1 aromatic rings. The molecule has 1 amide bonds. The van der Waals surface area contributed by atoms with Gasteiger partial charge in [0.15, 0.2) is 5.78 Å². The molecule has 0 unspecified atom stereocenters. The van der Waals surface area contributed by atoms with Gasteiger partial charge in [0, 0.05) is 52.1 Å². The molecule has 2 aliphatic heterocycles. The number of dihydropyridines is 1. The molecular weight excluding hydrogens is 460 g/mol. The molecule has 0 radical (unpaired) electrons. The van der Waals surface area contributed by atoms with E-state index >= 15 is 0 Å². The van der Waals surface area contributed by atoms with E-state index in [9.17, 15) is 9.59 Å². The summed E-state index contributed by atoms with van der Waals surface area (Å²) in [6.07, 6.45) is 1.22. The lowest BCUT2D eigenvalue weighted by Gasteiger charge is -2.41. The number of rotatable bonds is 3. The molecule has 166 valence electrons. The predicted molar refractivity (Wildman–Crippen MR) is 122 cm³/mol. The zero-order chi connectivity index (χ0) is 22.3. The van der Waals surface area contributed by atoms with Gasteiger partial charge >= 0.3 is 0 Å². The fourth-order valence-corrected chi connectivity index (χ4v) is 5.28. The van der Waals surface area contributed by atoms with Crippen molar-refractivity contribution in [3.63, 3.8) is 0 Å². The Bertz CT molecular complexity index is 989. The molecule has 31 heavy (non-hydrogen) atoms. The smallest absolute Gasteiger partial charge is 0.252 e. The molecule has 1 aliphatic carbocycles. The molecule has 0 aromatic heterocycles. The van der Waals surface area contributed by atoms with Crippen LogP contribution in [0.15, 0.2) is 45.2 Å². The van der Waals surface area contributed by atoms with Crippen molar-refractivity contribution in [1.82, 2.24) is 10.2 Å². The molecule has 1 aromatic carbocycles. The Balaban J connectivity index is 1.89. The summed E-state index contributed by atoms with van der Waals surface area (Å²) in [6.45, 7) is 8.29. The molecule has 0 bridgehead atoms. The van der Waals surface area contributed by atoms with Gasteiger partial charge in [-0.2, -0.15) is 0 Å². The van der Waals surface area contributed by atoms with Gasteiger partial charge in [0.2, 0.25) is 0 Å². The molecule has 0 spiro atoms. The number of methoxy groups -OCH3 is 1. The molecule has 0 saturated carbocycles. The van der Waals surface area contributed by atoms with Crippen LogP contribution in [0.5, 0.6) is 5.75 Å². The summed E-state index contributed by atoms with van der Waals surface area (Å²) in [6, 6.07) is 5.75. The highest BCUT2D eigenvalue weighted by Gasteiger charge is 2.44. The van der Waals surface area contributed by atoms with Crippen LogP contribution in [0.3, 0.4) is 0 Å². The number of hydrogen-bond acceptors (Lipinski definition) is 5. The summed E-state index contributed by atoms with van der Waals surface area (Å²) >= 11 is 3.56. The van der Waals surface area contributed by atoms with Crippen LogP contribution in [0.25, 0.3) is 0 Å². The van der Waals surface area contributed by atoms with E-state index in [4.69, 9.17) is 9.47 Å². The molecule has 4 rings (SSSR count). The maximum atomic E-state index is 13.7. The highest BCUT2D eigenvalue weighted by Crippen LogP contribution is 2.49. The first-order valence-electron chi connectivity index (χ1n) is 10.7. The molecule has 1 saturated heterocycles. The minimum atomic E-state index is -0.470. The third-order valence-electron chi connectivity index (χ3n) is 6.27. The number of nitrogens with one attached hydrogen (secondary N) is 1. The Labute approximate surface area is 191 Å². The van der Waals surface area contributed by atoms with E-state index in [1.165, 1.54) is 0 Å². The Hall–Kier alpha value is -2.12. The second-order valence-corrected chi connectivity index (χ2v) is 10.1. The topological polar surface area (TPSA) is 67.9 Å². The minimum absolute atomic E-state index is 0.0514. The fourth-order valence-electron chi connectivity index (χ4n) is 4.90. The van der Waals surface area contributed by atoms with Crippen molar-refractivity contribution in [1.29, 1.82) is 0 Å². The van der Waals surface area contributed by atoms with Gasteiger partial charge in [0.25, 0.3) is 5.91 Å². The highest BCUT2D eigenvalue weighted by atomic mass is 79.9. The first-order valence-corrected chi connectivity index (χ1v) is 11.5. The monoisotopic (exact) mass is 488 g/mol. The number of ether oxygens (including phenoxy) is 2. The van der Waals surface area contributed by atoms with Crippen molar-refractivity contribution in [3.05, 3.63) is 50.8 Å². The van der Waals surface area contributed by atoms with Crippen molar-refractivity contribution < 1.29 is 19.1 Å². The average molecular weight is 489 g/mol. The van der Waals surface area contributed by atoms with Crippen LogP contribution in [0.4, 0.5) is 0 Å². The Morgan fingerprint density at radius 1 is 1.26 bits per heavy atom. The normalized spacial score (nSPS) is 23.5. The quantitative estimate of drug-likeness (QED) is 0.698. The molecule has 3 aliphatic rings. The van der Waals surface area contributed by atoms with E-state index in [-0.39, 0.29) is 17.1 Å². The summed E-state index contributed by atoms with van der Waals surface area (Å²) in [4.78, 5) is 29.0. The molecule has 6 nitrogen and oxygen atoms in total. The number of morpholine rings is 1. The number of halogens is 1. The first-order chi connectivity index (χ1) is 14.7. The van der Waals surface area contributed by atoms with Crippen LogP contribution in [0.2, 0.25) is 0 Å². The Kier molecular flexibility index (Phi) is 6.01. The standard InChI is InChI=1S/C24H29BrN2O4/c1-14-20(23(29)27-7-9-31-10-8-27)21(16-11-15(25)5-6-19(16)30-4)22-17(26-14)12-24(2,3)13-18(22)28/h5-6,11,21,26H,7-10,12-13H2,1-4H3/t21-/m1/s1. The van der Waals surface area contributed by atoms with Gasteiger partial charge < -0.3 is 19.7 Å². The number of allylic oxidation sites excluding steroid dienone is 3. The SMILES string of the molecule is COc1ccc(Br)cc1[C@@H]1C(C(=O)N2CCOCC2)=C(C)NC2=C1C(=O)CC(C)(C)C2. The van der Waals surface area contributed by atoms with Crippen LogP contribution in [-0.2, 0) is 14.3 Å². The summed E-state index contributed by atoms with van der Waals surface area (Å²) in [5.41, 5.74) is 3.73. The van der Waals surface area contributed by atoms with E-state index < -0.39 is 5.92 Å². The van der Waals surface area contributed by atoms with Gasteiger partial charge in [0.1, 0.15) is 5.75 Å². The number of hydrogen-bond donors (Lipinski definition) is 1. The van der Waals surface area contributed by atoms with Crippen molar-refractivity contribution in [3.8, 4) is 5.75 Å². The zero-order valence-electron chi connectivity index (χ0n) is 18.5. The summed E-state index contributed by atoms with van der Waals surface area (Å²) in [5, 5.41) is 3.43. The number of carbonyl (C=O) groups is 2. The molecular formula is C24H29BrN2O4. The second-order valence-electron chi connectivity index (χ2n) is 9.22. The van der Waals surface area contributed by atoms with Gasteiger partial charge in [-0.3, -0.25) is 9.59 Å². The largest absolute Gasteiger partial charge is 0.496 e. The minimum Gasteiger partial charge on any atom is -0.496 e. The number of Topliss-reactive ketones (excluding diaryl/α,β-unsaturated/α-hetero) is 1. The zero-order valence-corrected chi connectivity index (χ0v) is 20.1. The molecule has 1 atom stereocenters. The van der Waals surface area contributed by atoms with Crippen LogP contribution in [0.1, 0.15) is 45.1 Å². The number of amides is 1. The van der Waals surface area contributed by atoms with Crippen LogP contribution in [0, 0.1) is 5.41 Å². The van der Waals surface area contributed by atoms with Crippen LogP contribution in [-0.4, -0.2) is 50.0 Å². The number of ketones is 1. The van der Waals surface area contributed by atoms with Crippen LogP contribution >= 0.6 is 15.9 Å². The third-order valence-corrected chi connectivity index (χ3v) is 6.76. The summed E-state index contributed by atoms with van der Waals surface area (Å²) in [5.74, 6) is 0.234. The van der Waals surface area contributed by atoms with Crippen molar-refractivity contribution in [2.75, 3.05) is 33.4 Å². The van der Waals surface area contributed by atoms with Crippen molar-refractivity contribution in [2.45, 2.75) is 39.5 Å². The maximum absolute atomic E-state index is 13.7.